The highest BCUT2D eigenvalue weighted by Crippen LogP contribution is 2.31. The number of rotatable bonds is 3. The summed E-state index contributed by atoms with van der Waals surface area (Å²) >= 11 is 6.17. The number of aromatic nitrogens is 4. The van der Waals surface area contributed by atoms with E-state index in [9.17, 15) is 0 Å². The molecule has 1 aromatic carbocycles. The van der Waals surface area contributed by atoms with Crippen LogP contribution >= 0.6 is 11.6 Å². The van der Waals surface area contributed by atoms with Crippen LogP contribution < -0.4 is 10.1 Å². The van der Waals surface area contributed by atoms with Crippen molar-refractivity contribution >= 4 is 28.6 Å². The first-order chi connectivity index (χ1) is 10.1. The van der Waals surface area contributed by atoms with Crippen molar-refractivity contribution in [2.24, 2.45) is 0 Å². The summed E-state index contributed by atoms with van der Waals surface area (Å²) in [6.07, 6.45) is 1.64. The number of benzene rings is 1. The van der Waals surface area contributed by atoms with Crippen molar-refractivity contribution in [2.75, 3.05) is 12.4 Å². The highest BCUT2D eigenvalue weighted by Gasteiger charge is 2.12. The lowest BCUT2D eigenvalue weighted by molar-refractivity contribution is 0.468. The fraction of sp³-hybridized carbons (Fsp3) is 0.214. The molecule has 0 saturated heterocycles. The highest BCUT2D eigenvalue weighted by molar-refractivity contribution is 6.32. The van der Waals surface area contributed by atoms with Crippen molar-refractivity contribution in [3.05, 3.63) is 34.5 Å². The van der Waals surface area contributed by atoms with Crippen LogP contribution in [0.2, 0.25) is 5.02 Å². The lowest BCUT2D eigenvalue weighted by Gasteiger charge is -2.10. The number of anilines is 1. The number of aromatic amines is 1. The van der Waals surface area contributed by atoms with Gasteiger partial charge in [-0.15, -0.1) is 0 Å². The monoisotopic (exact) mass is 303 g/mol. The van der Waals surface area contributed by atoms with Gasteiger partial charge in [-0.1, -0.05) is 11.6 Å². The minimum Gasteiger partial charge on any atom is -0.438 e. The smallest absolute Gasteiger partial charge is 0.235 e. The first kappa shape index (κ1) is 13.6. The average Bonchev–Trinajstić information content (AvgIpc) is 2.93. The highest BCUT2D eigenvalue weighted by atomic mass is 35.5. The molecule has 2 heterocycles. The Labute approximate surface area is 126 Å². The Kier molecular flexibility index (Phi) is 3.39. The summed E-state index contributed by atoms with van der Waals surface area (Å²) in [5.41, 5.74) is 2.53. The summed E-state index contributed by atoms with van der Waals surface area (Å²) in [7, 11) is 1.75. The van der Waals surface area contributed by atoms with Crippen LogP contribution in [0, 0.1) is 13.8 Å². The third-order valence-electron chi connectivity index (χ3n) is 3.12. The fourth-order valence-corrected chi connectivity index (χ4v) is 2.18. The summed E-state index contributed by atoms with van der Waals surface area (Å²) in [6.45, 7) is 3.88. The predicted molar refractivity (Wildman–Crippen MR) is 82.2 cm³/mol. The molecule has 0 radical (unpaired) electrons. The number of aryl methyl sites for hydroxylation is 2. The van der Waals surface area contributed by atoms with Crippen molar-refractivity contribution in [3.63, 3.8) is 0 Å². The number of hydrogen-bond donors (Lipinski definition) is 2. The number of H-pyrrole nitrogens is 1. The van der Waals surface area contributed by atoms with E-state index in [0.717, 1.165) is 21.5 Å². The Morgan fingerprint density at radius 3 is 2.57 bits per heavy atom. The van der Waals surface area contributed by atoms with E-state index in [-0.39, 0.29) is 0 Å². The van der Waals surface area contributed by atoms with Crippen LogP contribution in [-0.4, -0.2) is 27.2 Å². The first-order valence-electron chi connectivity index (χ1n) is 6.42. The number of hydrogen-bond acceptors (Lipinski definition) is 5. The van der Waals surface area contributed by atoms with Crippen LogP contribution in [0.4, 0.5) is 5.95 Å². The second kappa shape index (κ2) is 5.21. The Bertz CT molecular complexity index is 791. The van der Waals surface area contributed by atoms with Crippen LogP contribution in [0.3, 0.4) is 0 Å². The van der Waals surface area contributed by atoms with Gasteiger partial charge in [0.05, 0.1) is 6.20 Å². The maximum atomic E-state index is 6.17. The molecule has 0 amide bonds. The van der Waals surface area contributed by atoms with Crippen molar-refractivity contribution in [2.45, 2.75) is 13.8 Å². The molecule has 0 saturated carbocycles. The molecule has 2 N–H and O–H groups in total. The van der Waals surface area contributed by atoms with Gasteiger partial charge in [-0.3, -0.25) is 5.10 Å². The Hall–Kier alpha value is -2.34. The minimum absolute atomic E-state index is 0.444. The molecule has 108 valence electrons. The molecule has 0 spiro atoms. The SMILES string of the molecule is CNc1nc(Oc2cc(C)c(Cl)c(C)c2)c2cn[nH]c2n1. The van der Waals surface area contributed by atoms with Crippen molar-refractivity contribution < 1.29 is 4.74 Å². The molecule has 0 aliphatic rings. The Morgan fingerprint density at radius 1 is 1.19 bits per heavy atom. The Morgan fingerprint density at radius 2 is 1.90 bits per heavy atom. The zero-order valence-electron chi connectivity index (χ0n) is 11.9. The molecule has 3 aromatic rings. The summed E-state index contributed by atoms with van der Waals surface area (Å²) < 4.78 is 5.90. The molecule has 7 heteroatoms. The quantitative estimate of drug-likeness (QED) is 0.775. The van der Waals surface area contributed by atoms with E-state index in [1.165, 1.54) is 0 Å². The maximum absolute atomic E-state index is 6.17. The molecule has 0 atom stereocenters. The van der Waals surface area contributed by atoms with Gasteiger partial charge in [-0.2, -0.15) is 15.1 Å². The molecule has 0 bridgehead atoms. The van der Waals surface area contributed by atoms with E-state index in [4.69, 9.17) is 16.3 Å². The standard InChI is InChI=1S/C14H14ClN5O/c1-7-4-9(5-8(2)11(7)15)21-13-10-6-17-20-12(10)18-14(16-3)19-13/h4-6H,1-3H3,(H2,16,17,18,19,20). The van der Waals surface area contributed by atoms with E-state index in [0.29, 0.717) is 23.2 Å². The zero-order chi connectivity index (χ0) is 15.0. The molecule has 2 aromatic heterocycles. The number of halogens is 1. The van der Waals surface area contributed by atoms with Gasteiger partial charge in [-0.05, 0) is 37.1 Å². The topological polar surface area (TPSA) is 75.7 Å². The van der Waals surface area contributed by atoms with Crippen LogP contribution in [0.1, 0.15) is 11.1 Å². The zero-order valence-corrected chi connectivity index (χ0v) is 12.6. The summed E-state index contributed by atoms with van der Waals surface area (Å²) in [5, 5.41) is 11.1. The largest absolute Gasteiger partial charge is 0.438 e. The summed E-state index contributed by atoms with van der Waals surface area (Å²) in [4.78, 5) is 8.60. The van der Waals surface area contributed by atoms with E-state index in [1.807, 2.05) is 26.0 Å². The van der Waals surface area contributed by atoms with Gasteiger partial charge < -0.3 is 10.1 Å². The van der Waals surface area contributed by atoms with Gasteiger partial charge in [0.15, 0.2) is 5.65 Å². The van der Waals surface area contributed by atoms with E-state index >= 15 is 0 Å². The van der Waals surface area contributed by atoms with Gasteiger partial charge in [0, 0.05) is 12.1 Å². The minimum atomic E-state index is 0.444. The van der Waals surface area contributed by atoms with Crippen molar-refractivity contribution in [1.29, 1.82) is 0 Å². The van der Waals surface area contributed by atoms with Gasteiger partial charge >= 0.3 is 0 Å². The lowest BCUT2D eigenvalue weighted by atomic mass is 10.1. The van der Waals surface area contributed by atoms with Gasteiger partial charge in [0.25, 0.3) is 0 Å². The number of nitrogens with zero attached hydrogens (tertiary/aromatic N) is 3. The van der Waals surface area contributed by atoms with E-state index in [1.54, 1.807) is 13.2 Å². The molecule has 0 unspecified atom stereocenters. The summed E-state index contributed by atoms with van der Waals surface area (Å²) in [5.74, 6) is 1.58. The molecular weight excluding hydrogens is 290 g/mol. The normalized spacial score (nSPS) is 10.9. The molecule has 6 nitrogen and oxygen atoms in total. The molecule has 0 fully saturated rings. The van der Waals surface area contributed by atoms with Crippen molar-refractivity contribution in [1.82, 2.24) is 20.2 Å². The fourth-order valence-electron chi connectivity index (χ4n) is 2.07. The third kappa shape index (κ3) is 2.50. The second-order valence-electron chi connectivity index (χ2n) is 4.71. The van der Waals surface area contributed by atoms with Crippen LogP contribution in [0.15, 0.2) is 18.3 Å². The average molecular weight is 304 g/mol. The van der Waals surface area contributed by atoms with Crippen LogP contribution in [0.5, 0.6) is 11.6 Å². The number of ether oxygens (including phenoxy) is 1. The number of nitrogens with one attached hydrogen (secondary N) is 2. The molecular formula is C14H14ClN5O. The molecule has 0 aliphatic heterocycles. The van der Waals surface area contributed by atoms with Gasteiger partial charge in [-0.25, -0.2) is 0 Å². The van der Waals surface area contributed by atoms with Crippen molar-refractivity contribution in [3.8, 4) is 11.6 Å². The third-order valence-corrected chi connectivity index (χ3v) is 3.72. The maximum Gasteiger partial charge on any atom is 0.235 e. The summed E-state index contributed by atoms with van der Waals surface area (Å²) in [6, 6.07) is 3.75. The van der Waals surface area contributed by atoms with Crippen LogP contribution in [-0.2, 0) is 0 Å². The lowest BCUT2D eigenvalue weighted by Crippen LogP contribution is -1.99. The molecule has 21 heavy (non-hydrogen) atoms. The number of fused-ring (bicyclic) bond motifs is 1. The predicted octanol–water partition coefficient (Wildman–Crippen LogP) is 3.46. The van der Waals surface area contributed by atoms with Crippen LogP contribution in [0.25, 0.3) is 11.0 Å². The Balaban J connectivity index is 2.07. The second-order valence-corrected chi connectivity index (χ2v) is 5.09. The van der Waals surface area contributed by atoms with E-state index < -0.39 is 0 Å². The molecule has 0 aliphatic carbocycles. The van der Waals surface area contributed by atoms with Gasteiger partial charge in [0.2, 0.25) is 11.8 Å². The van der Waals surface area contributed by atoms with Gasteiger partial charge in [0.1, 0.15) is 11.1 Å². The van der Waals surface area contributed by atoms with E-state index in [2.05, 4.69) is 25.5 Å². The molecule has 3 rings (SSSR count). The first-order valence-corrected chi connectivity index (χ1v) is 6.79.